The van der Waals surface area contributed by atoms with E-state index in [2.05, 4.69) is 11.6 Å². The van der Waals surface area contributed by atoms with Gasteiger partial charge in [0.25, 0.3) is 0 Å². The number of allylic oxidation sites excluding steroid dienone is 1. The first-order valence-corrected chi connectivity index (χ1v) is 5.15. The molecule has 16 heavy (non-hydrogen) atoms. The van der Waals surface area contributed by atoms with E-state index in [1.807, 2.05) is 4.57 Å². The van der Waals surface area contributed by atoms with Crippen molar-refractivity contribution in [2.45, 2.75) is 6.54 Å². The van der Waals surface area contributed by atoms with Crippen LogP contribution in [0.15, 0.2) is 24.8 Å². The lowest BCUT2D eigenvalue weighted by Gasteiger charge is -2.03. The van der Waals surface area contributed by atoms with Crippen molar-refractivity contribution in [2.24, 2.45) is 0 Å². The lowest BCUT2D eigenvalue weighted by atomic mass is 10.3. The van der Waals surface area contributed by atoms with E-state index in [0.717, 1.165) is 5.52 Å². The summed E-state index contributed by atoms with van der Waals surface area (Å²) in [5.74, 6) is -0.198. The number of nitrogens with one attached hydrogen (secondary N) is 1. The Hall–Kier alpha value is -1.62. The summed E-state index contributed by atoms with van der Waals surface area (Å²) in [6, 6.07) is 3.00. The Kier molecular flexibility index (Phi) is 2.78. The summed E-state index contributed by atoms with van der Waals surface area (Å²) in [4.78, 5) is 2.94. The predicted molar refractivity (Wildman–Crippen MR) is 63.8 cm³/mol. The first-order chi connectivity index (χ1) is 7.67. The number of rotatable bonds is 3. The molecule has 3 nitrogen and oxygen atoms in total. The largest absolute Gasteiger partial charge is 0.494 e. The molecule has 84 valence electrons. The van der Waals surface area contributed by atoms with Crippen LogP contribution in [0.5, 0.6) is 5.75 Å². The molecule has 2 aromatic rings. The number of ether oxygens (including phenoxy) is 1. The highest BCUT2D eigenvalue weighted by molar-refractivity contribution is 7.71. The smallest absolute Gasteiger partial charge is 0.178 e. The van der Waals surface area contributed by atoms with E-state index in [-0.39, 0.29) is 5.75 Å². The highest BCUT2D eigenvalue weighted by Gasteiger charge is 2.09. The zero-order valence-electron chi connectivity index (χ0n) is 8.79. The summed E-state index contributed by atoms with van der Waals surface area (Å²) in [7, 11) is 1.43. The maximum Gasteiger partial charge on any atom is 0.178 e. The molecule has 0 aliphatic carbocycles. The van der Waals surface area contributed by atoms with Gasteiger partial charge in [0, 0.05) is 18.7 Å². The van der Waals surface area contributed by atoms with E-state index >= 15 is 0 Å². The monoisotopic (exact) mass is 238 g/mol. The van der Waals surface area contributed by atoms with Gasteiger partial charge in [-0.15, -0.1) is 6.58 Å². The zero-order valence-corrected chi connectivity index (χ0v) is 9.60. The molecular weight excluding hydrogens is 227 g/mol. The minimum absolute atomic E-state index is 0.208. The molecule has 0 aliphatic rings. The molecule has 0 unspecified atom stereocenters. The van der Waals surface area contributed by atoms with E-state index in [4.69, 9.17) is 17.0 Å². The van der Waals surface area contributed by atoms with Crippen molar-refractivity contribution in [3.05, 3.63) is 35.4 Å². The Morgan fingerprint density at radius 2 is 2.38 bits per heavy atom. The van der Waals surface area contributed by atoms with Gasteiger partial charge in [-0.05, 0) is 12.2 Å². The van der Waals surface area contributed by atoms with Crippen LogP contribution in [0.1, 0.15) is 0 Å². The molecule has 2 rings (SSSR count). The number of benzene rings is 1. The van der Waals surface area contributed by atoms with E-state index < -0.39 is 5.82 Å². The third-order valence-corrected chi connectivity index (χ3v) is 2.68. The molecule has 5 heteroatoms. The lowest BCUT2D eigenvalue weighted by Crippen LogP contribution is -1.95. The summed E-state index contributed by atoms with van der Waals surface area (Å²) in [6.07, 6.45) is 1.74. The molecule has 0 fully saturated rings. The fourth-order valence-electron chi connectivity index (χ4n) is 1.62. The molecule has 0 saturated heterocycles. The van der Waals surface area contributed by atoms with Crippen molar-refractivity contribution >= 4 is 23.3 Å². The third-order valence-electron chi connectivity index (χ3n) is 2.36. The average molecular weight is 238 g/mol. The van der Waals surface area contributed by atoms with Crippen LogP contribution in [-0.2, 0) is 6.54 Å². The minimum atomic E-state index is -0.406. The molecule has 0 saturated carbocycles. The van der Waals surface area contributed by atoms with Gasteiger partial charge in [0.05, 0.1) is 18.1 Å². The summed E-state index contributed by atoms with van der Waals surface area (Å²) in [5.41, 5.74) is 1.47. The molecular formula is C11H11FN2OS. The van der Waals surface area contributed by atoms with Gasteiger partial charge in [0.15, 0.2) is 16.3 Å². The average Bonchev–Trinajstić information content (AvgIpc) is 2.54. The van der Waals surface area contributed by atoms with Crippen molar-refractivity contribution in [3.8, 4) is 5.75 Å². The van der Waals surface area contributed by atoms with Crippen molar-refractivity contribution in [3.63, 3.8) is 0 Å². The molecule has 0 bridgehead atoms. The molecule has 1 heterocycles. The first-order valence-electron chi connectivity index (χ1n) is 4.74. The normalized spacial score (nSPS) is 10.6. The van der Waals surface area contributed by atoms with Gasteiger partial charge in [0.1, 0.15) is 0 Å². The second-order valence-electron chi connectivity index (χ2n) is 3.33. The van der Waals surface area contributed by atoms with Gasteiger partial charge in [-0.2, -0.15) is 0 Å². The maximum atomic E-state index is 13.4. The predicted octanol–water partition coefficient (Wildman–Crippen LogP) is 3.03. The Morgan fingerprint density at radius 3 is 3.00 bits per heavy atom. The Morgan fingerprint density at radius 1 is 1.62 bits per heavy atom. The highest BCUT2D eigenvalue weighted by atomic mass is 32.1. The first kappa shape index (κ1) is 10.9. The Bertz CT molecular complexity index is 600. The van der Waals surface area contributed by atoms with Gasteiger partial charge in [-0.25, -0.2) is 4.39 Å². The van der Waals surface area contributed by atoms with Crippen molar-refractivity contribution in [2.75, 3.05) is 7.11 Å². The SMILES string of the molecule is C=CCn1c(=S)[nH]c2cc(F)c(OC)cc21. The molecule has 0 spiro atoms. The van der Waals surface area contributed by atoms with Crippen LogP contribution >= 0.6 is 12.2 Å². The van der Waals surface area contributed by atoms with Gasteiger partial charge < -0.3 is 14.3 Å². The number of hydrogen-bond acceptors (Lipinski definition) is 2. The van der Waals surface area contributed by atoms with Crippen LogP contribution < -0.4 is 4.74 Å². The number of aromatic amines is 1. The van der Waals surface area contributed by atoms with Crippen LogP contribution in [-0.4, -0.2) is 16.7 Å². The minimum Gasteiger partial charge on any atom is -0.494 e. The van der Waals surface area contributed by atoms with Gasteiger partial charge in [0.2, 0.25) is 0 Å². The van der Waals surface area contributed by atoms with E-state index in [9.17, 15) is 4.39 Å². The number of imidazole rings is 1. The summed E-state index contributed by atoms with van der Waals surface area (Å²) in [5, 5.41) is 0. The number of H-pyrrole nitrogens is 1. The van der Waals surface area contributed by atoms with Gasteiger partial charge >= 0.3 is 0 Å². The summed E-state index contributed by atoms with van der Waals surface area (Å²) < 4.78 is 20.7. The number of hydrogen-bond donors (Lipinski definition) is 1. The lowest BCUT2D eigenvalue weighted by molar-refractivity contribution is 0.387. The topological polar surface area (TPSA) is 29.9 Å². The molecule has 1 N–H and O–H groups in total. The van der Waals surface area contributed by atoms with Crippen LogP contribution in [0.25, 0.3) is 11.0 Å². The van der Waals surface area contributed by atoms with Crippen molar-refractivity contribution in [1.29, 1.82) is 0 Å². The van der Waals surface area contributed by atoms with Crippen LogP contribution in [0.3, 0.4) is 0 Å². The number of methoxy groups -OCH3 is 1. The fourth-order valence-corrected chi connectivity index (χ4v) is 1.91. The van der Waals surface area contributed by atoms with Crippen LogP contribution in [0, 0.1) is 10.6 Å². The summed E-state index contributed by atoms with van der Waals surface area (Å²) in [6.45, 7) is 4.23. The van der Waals surface area contributed by atoms with E-state index in [1.54, 1.807) is 12.1 Å². The summed E-state index contributed by atoms with van der Waals surface area (Å²) >= 11 is 5.14. The quantitative estimate of drug-likeness (QED) is 0.658. The van der Waals surface area contributed by atoms with Crippen molar-refractivity contribution in [1.82, 2.24) is 9.55 Å². The fraction of sp³-hybridized carbons (Fsp3) is 0.182. The standard InChI is InChI=1S/C11H11FN2OS/c1-3-4-14-9-6-10(15-2)7(12)5-8(9)13-11(14)16/h3,5-6H,1,4H2,2H3,(H,13,16). The van der Waals surface area contributed by atoms with Gasteiger partial charge in [-0.3, -0.25) is 0 Å². The molecule has 1 aromatic carbocycles. The van der Waals surface area contributed by atoms with Crippen LogP contribution in [0.4, 0.5) is 4.39 Å². The van der Waals surface area contributed by atoms with Crippen LogP contribution in [0.2, 0.25) is 0 Å². The Balaban J connectivity index is 2.76. The number of aromatic nitrogens is 2. The van der Waals surface area contributed by atoms with E-state index in [0.29, 0.717) is 16.8 Å². The number of halogens is 1. The van der Waals surface area contributed by atoms with Gasteiger partial charge in [-0.1, -0.05) is 6.08 Å². The highest BCUT2D eigenvalue weighted by Crippen LogP contribution is 2.24. The Labute approximate surface area is 97.2 Å². The zero-order chi connectivity index (χ0) is 11.7. The third kappa shape index (κ3) is 1.63. The molecule has 0 aliphatic heterocycles. The molecule has 1 aromatic heterocycles. The second-order valence-corrected chi connectivity index (χ2v) is 3.72. The molecule has 0 radical (unpaired) electrons. The van der Waals surface area contributed by atoms with Crippen molar-refractivity contribution < 1.29 is 9.13 Å². The van der Waals surface area contributed by atoms with E-state index in [1.165, 1.54) is 13.2 Å². The number of nitrogens with zero attached hydrogens (tertiary/aromatic N) is 1. The molecule has 0 amide bonds. The maximum absolute atomic E-state index is 13.4. The number of fused-ring (bicyclic) bond motifs is 1. The molecule has 0 atom stereocenters. The second kappa shape index (κ2) is 4.09.